The van der Waals surface area contributed by atoms with Crippen LogP contribution < -0.4 is 4.74 Å². The van der Waals surface area contributed by atoms with Gasteiger partial charge >= 0.3 is 0 Å². The standard InChI is InChI=1S/C16H12F5NO3/c1-7(8-3-4-10(23)11(5-8)24-2)22-25-6-9-12(17)14(19)16(21)15(20)13(9)18/h3-5,23H,6H2,1-2H3/b22-7+. The van der Waals surface area contributed by atoms with Crippen molar-refractivity contribution in [3.05, 3.63) is 58.4 Å². The second-order valence-electron chi connectivity index (χ2n) is 4.89. The first kappa shape index (κ1) is 18.5. The van der Waals surface area contributed by atoms with E-state index in [1.807, 2.05) is 0 Å². The van der Waals surface area contributed by atoms with Crippen molar-refractivity contribution in [1.82, 2.24) is 0 Å². The lowest BCUT2D eigenvalue weighted by Crippen LogP contribution is -2.08. The molecule has 134 valence electrons. The summed E-state index contributed by atoms with van der Waals surface area (Å²) in [5.74, 6) is -10.3. The van der Waals surface area contributed by atoms with Crippen LogP contribution in [0.1, 0.15) is 18.1 Å². The number of phenols is 1. The van der Waals surface area contributed by atoms with Crippen molar-refractivity contribution in [3.63, 3.8) is 0 Å². The van der Waals surface area contributed by atoms with E-state index >= 15 is 0 Å². The highest BCUT2D eigenvalue weighted by Gasteiger charge is 2.25. The number of benzene rings is 2. The molecule has 2 aromatic rings. The Morgan fingerprint density at radius 2 is 1.56 bits per heavy atom. The number of methoxy groups -OCH3 is 1. The summed E-state index contributed by atoms with van der Waals surface area (Å²) in [5.41, 5.74) is -0.453. The van der Waals surface area contributed by atoms with Gasteiger partial charge in [-0.2, -0.15) is 0 Å². The summed E-state index contributed by atoms with van der Waals surface area (Å²) >= 11 is 0. The first-order valence-corrected chi connectivity index (χ1v) is 6.82. The Bertz CT molecular complexity index is 810. The van der Waals surface area contributed by atoms with Crippen LogP contribution in [-0.2, 0) is 11.4 Å². The van der Waals surface area contributed by atoms with Crippen LogP contribution in [0.15, 0.2) is 23.4 Å². The molecule has 0 heterocycles. The average Bonchev–Trinajstić information content (AvgIpc) is 2.61. The normalized spacial score (nSPS) is 11.6. The molecule has 0 spiro atoms. The lowest BCUT2D eigenvalue weighted by atomic mass is 10.1. The molecular formula is C16H12F5NO3. The van der Waals surface area contributed by atoms with E-state index < -0.39 is 41.3 Å². The van der Waals surface area contributed by atoms with Crippen molar-refractivity contribution in [3.8, 4) is 11.5 Å². The molecule has 4 nitrogen and oxygen atoms in total. The topological polar surface area (TPSA) is 51.0 Å². The van der Waals surface area contributed by atoms with E-state index in [-0.39, 0.29) is 17.2 Å². The van der Waals surface area contributed by atoms with Crippen molar-refractivity contribution in [2.75, 3.05) is 7.11 Å². The molecule has 0 fully saturated rings. The second kappa shape index (κ2) is 7.37. The van der Waals surface area contributed by atoms with Crippen LogP contribution in [0.3, 0.4) is 0 Å². The van der Waals surface area contributed by atoms with Crippen molar-refractivity contribution in [2.24, 2.45) is 5.16 Å². The minimum Gasteiger partial charge on any atom is -0.504 e. The van der Waals surface area contributed by atoms with Crippen molar-refractivity contribution >= 4 is 5.71 Å². The van der Waals surface area contributed by atoms with Crippen LogP contribution in [0.2, 0.25) is 0 Å². The van der Waals surface area contributed by atoms with Crippen LogP contribution >= 0.6 is 0 Å². The molecule has 0 aliphatic heterocycles. The van der Waals surface area contributed by atoms with Gasteiger partial charge in [0, 0.05) is 5.56 Å². The summed E-state index contributed by atoms with van der Waals surface area (Å²) in [5, 5.41) is 13.1. The van der Waals surface area contributed by atoms with Crippen molar-refractivity contribution in [2.45, 2.75) is 13.5 Å². The van der Waals surface area contributed by atoms with E-state index in [1.165, 1.54) is 32.2 Å². The molecule has 0 unspecified atom stereocenters. The molecule has 0 bridgehead atoms. The van der Waals surface area contributed by atoms with Gasteiger partial charge in [-0.3, -0.25) is 0 Å². The first-order chi connectivity index (χ1) is 11.8. The second-order valence-corrected chi connectivity index (χ2v) is 4.89. The minimum atomic E-state index is -2.24. The molecule has 0 aromatic heterocycles. The maximum Gasteiger partial charge on any atom is 0.200 e. The van der Waals surface area contributed by atoms with Gasteiger partial charge in [0.2, 0.25) is 5.82 Å². The van der Waals surface area contributed by atoms with Gasteiger partial charge in [0.1, 0.15) is 6.61 Å². The SMILES string of the molecule is COc1cc(/C(C)=N/OCc2c(F)c(F)c(F)c(F)c2F)ccc1O. The molecule has 0 aliphatic rings. The van der Waals surface area contributed by atoms with Crippen LogP contribution in [0.5, 0.6) is 11.5 Å². The van der Waals surface area contributed by atoms with Gasteiger partial charge in [0.25, 0.3) is 0 Å². The number of nitrogens with zero attached hydrogens (tertiary/aromatic N) is 1. The van der Waals surface area contributed by atoms with Gasteiger partial charge in [-0.1, -0.05) is 5.16 Å². The Balaban J connectivity index is 2.21. The quantitative estimate of drug-likeness (QED) is 0.288. The lowest BCUT2D eigenvalue weighted by molar-refractivity contribution is 0.123. The average molecular weight is 361 g/mol. The fraction of sp³-hybridized carbons (Fsp3) is 0.188. The Morgan fingerprint density at radius 3 is 2.12 bits per heavy atom. The maximum absolute atomic E-state index is 13.5. The third-order valence-electron chi connectivity index (χ3n) is 3.31. The van der Waals surface area contributed by atoms with Crippen LogP contribution in [0.4, 0.5) is 22.0 Å². The number of rotatable bonds is 5. The molecule has 0 aliphatic carbocycles. The molecule has 25 heavy (non-hydrogen) atoms. The number of aromatic hydroxyl groups is 1. The predicted molar refractivity (Wildman–Crippen MR) is 77.9 cm³/mol. The predicted octanol–water partition coefficient (Wildman–Crippen LogP) is 4.04. The molecule has 0 atom stereocenters. The zero-order valence-electron chi connectivity index (χ0n) is 13.0. The van der Waals surface area contributed by atoms with E-state index in [9.17, 15) is 27.1 Å². The van der Waals surface area contributed by atoms with Gasteiger partial charge in [-0.05, 0) is 25.1 Å². The van der Waals surface area contributed by atoms with Gasteiger partial charge in [-0.25, -0.2) is 22.0 Å². The Kier molecular flexibility index (Phi) is 5.45. The highest BCUT2D eigenvalue weighted by atomic mass is 19.2. The summed E-state index contributed by atoms with van der Waals surface area (Å²) in [6, 6.07) is 4.23. The van der Waals surface area contributed by atoms with E-state index in [2.05, 4.69) is 5.16 Å². The molecule has 9 heteroatoms. The molecule has 2 aromatic carbocycles. The van der Waals surface area contributed by atoms with Crippen molar-refractivity contribution < 1.29 is 36.6 Å². The Labute approximate surface area is 139 Å². The number of hydrogen-bond donors (Lipinski definition) is 1. The smallest absolute Gasteiger partial charge is 0.200 e. The zero-order chi connectivity index (χ0) is 18.7. The lowest BCUT2D eigenvalue weighted by Gasteiger charge is -2.08. The zero-order valence-corrected chi connectivity index (χ0v) is 13.0. The molecular weight excluding hydrogens is 349 g/mol. The molecule has 0 radical (unpaired) electrons. The molecule has 0 amide bonds. The number of phenolic OH excluding ortho intramolecular Hbond substituents is 1. The highest BCUT2D eigenvalue weighted by molar-refractivity contribution is 5.98. The molecule has 0 saturated carbocycles. The fourth-order valence-electron chi connectivity index (χ4n) is 1.93. The monoisotopic (exact) mass is 361 g/mol. The molecule has 1 N–H and O–H groups in total. The van der Waals surface area contributed by atoms with E-state index in [0.717, 1.165) is 0 Å². The molecule has 2 rings (SSSR count). The van der Waals surface area contributed by atoms with E-state index in [4.69, 9.17) is 9.57 Å². The molecule has 0 saturated heterocycles. The van der Waals surface area contributed by atoms with Crippen LogP contribution in [0, 0.1) is 29.1 Å². The van der Waals surface area contributed by atoms with Gasteiger partial charge in [0.15, 0.2) is 34.8 Å². The van der Waals surface area contributed by atoms with Gasteiger partial charge in [0.05, 0.1) is 18.4 Å². The third-order valence-corrected chi connectivity index (χ3v) is 3.31. The summed E-state index contributed by atoms with van der Waals surface area (Å²) < 4.78 is 71.0. The fourth-order valence-corrected chi connectivity index (χ4v) is 1.93. The van der Waals surface area contributed by atoms with Gasteiger partial charge < -0.3 is 14.7 Å². The minimum absolute atomic E-state index is 0.110. The van der Waals surface area contributed by atoms with Crippen LogP contribution in [0.25, 0.3) is 0 Å². The van der Waals surface area contributed by atoms with E-state index in [1.54, 1.807) is 0 Å². The Hall–Kier alpha value is -2.84. The summed E-state index contributed by atoms with van der Waals surface area (Å²) in [4.78, 5) is 4.70. The van der Waals surface area contributed by atoms with Gasteiger partial charge in [-0.15, -0.1) is 0 Å². The largest absolute Gasteiger partial charge is 0.504 e. The number of oxime groups is 1. The number of halogens is 5. The summed E-state index contributed by atoms with van der Waals surface area (Å²) in [6.07, 6.45) is 0. The van der Waals surface area contributed by atoms with E-state index in [0.29, 0.717) is 5.56 Å². The Morgan fingerprint density at radius 1 is 1.00 bits per heavy atom. The summed E-state index contributed by atoms with van der Waals surface area (Å²) in [7, 11) is 1.34. The number of ether oxygens (including phenoxy) is 1. The number of hydrogen-bond acceptors (Lipinski definition) is 4. The maximum atomic E-state index is 13.5. The first-order valence-electron chi connectivity index (χ1n) is 6.82. The summed E-state index contributed by atoms with van der Waals surface area (Å²) in [6.45, 7) is 0.517. The van der Waals surface area contributed by atoms with Crippen molar-refractivity contribution in [1.29, 1.82) is 0 Å². The third kappa shape index (κ3) is 3.65. The highest BCUT2D eigenvalue weighted by Crippen LogP contribution is 2.27. The van der Waals surface area contributed by atoms with Crippen LogP contribution in [-0.4, -0.2) is 17.9 Å².